The molecule has 31 heavy (non-hydrogen) atoms. The summed E-state index contributed by atoms with van der Waals surface area (Å²) in [6.07, 6.45) is -0.543. The van der Waals surface area contributed by atoms with Crippen LogP contribution in [0.15, 0.2) is 60.7 Å². The second-order valence-corrected chi connectivity index (χ2v) is 7.94. The first-order chi connectivity index (χ1) is 14.8. The lowest BCUT2D eigenvalue weighted by molar-refractivity contribution is -0.118. The summed E-state index contributed by atoms with van der Waals surface area (Å²) in [5.41, 5.74) is 3.22. The zero-order chi connectivity index (χ0) is 22.1. The summed E-state index contributed by atoms with van der Waals surface area (Å²) in [5, 5.41) is 3.42. The maximum Gasteiger partial charge on any atom is 0.387 e. The average molecular weight is 444 g/mol. The van der Waals surface area contributed by atoms with E-state index in [1.807, 2.05) is 12.1 Å². The van der Waals surface area contributed by atoms with E-state index >= 15 is 0 Å². The molecule has 3 aromatic carbocycles. The number of carbonyl (C=O) groups is 1. The molecule has 4 rings (SSSR count). The normalized spacial score (nSPS) is 14.6. The van der Waals surface area contributed by atoms with Crippen molar-refractivity contribution in [1.82, 2.24) is 0 Å². The molecule has 1 atom stereocenters. The minimum absolute atomic E-state index is 0.0252. The minimum Gasteiger partial charge on any atom is -0.480 e. The molecule has 1 N–H and O–H groups in total. The maximum absolute atomic E-state index is 13.0. The van der Waals surface area contributed by atoms with E-state index in [1.54, 1.807) is 56.3 Å². The van der Waals surface area contributed by atoms with Crippen molar-refractivity contribution in [3.8, 4) is 22.6 Å². The van der Waals surface area contributed by atoms with Crippen molar-refractivity contribution >= 4 is 23.2 Å². The van der Waals surface area contributed by atoms with Gasteiger partial charge in [-0.1, -0.05) is 49.7 Å². The van der Waals surface area contributed by atoms with Crippen LogP contribution in [0.2, 0.25) is 5.02 Å². The topological polar surface area (TPSA) is 47.6 Å². The van der Waals surface area contributed by atoms with Crippen LogP contribution in [0.5, 0.6) is 11.5 Å². The first-order valence-corrected chi connectivity index (χ1v) is 10.2. The Morgan fingerprint density at radius 1 is 1.10 bits per heavy atom. The summed E-state index contributed by atoms with van der Waals surface area (Å²) < 4.78 is 37.0. The van der Waals surface area contributed by atoms with Gasteiger partial charge in [0.1, 0.15) is 17.6 Å². The highest BCUT2D eigenvalue weighted by Crippen LogP contribution is 2.50. The Hall–Kier alpha value is -3.12. The van der Waals surface area contributed by atoms with E-state index in [0.29, 0.717) is 33.1 Å². The number of rotatable bonds is 5. The molecule has 1 heterocycles. The first kappa shape index (κ1) is 21.1. The van der Waals surface area contributed by atoms with Crippen LogP contribution in [0.25, 0.3) is 11.1 Å². The number of carbonyl (C=O) groups excluding carboxylic acids is 1. The number of hydrogen-bond donors (Lipinski definition) is 1. The summed E-state index contributed by atoms with van der Waals surface area (Å²) in [7, 11) is 0. The molecule has 7 heteroatoms. The van der Waals surface area contributed by atoms with Gasteiger partial charge in [0.25, 0.3) is 0 Å². The Balaban J connectivity index is 1.87. The molecule has 3 aromatic rings. The summed E-state index contributed by atoms with van der Waals surface area (Å²) in [6.45, 7) is 0.635. The van der Waals surface area contributed by atoms with E-state index in [2.05, 4.69) is 5.32 Å². The lowest BCUT2D eigenvalue weighted by Crippen LogP contribution is -2.20. The van der Waals surface area contributed by atoms with Gasteiger partial charge in [0, 0.05) is 22.2 Å². The zero-order valence-corrected chi connectivity index (χ0v) is 17.6. The van der Waals surface area contributed by atoms with E-state index in [4.69, 9.17) is 21.1 Å². The third kappa shape index (κ3) is 4.35. The van der Waals surface area contributed by atoms with Crippen LogP contribution in [-0.2, 0) is 4.79 Å². The SMILES string of the molecule is CC(C)C(=O)Nc1ccc2c(c1)C(c1cccc(Cl)c1)Oc1cccc(OC(F)F)c1-2. The van der Waals surface area contributed by atoms with Gasteiger partial charge in [-0.05, 0) is 47.5 Å². The molecule has 0 fully saturated rings. The van der Waals surface area contributed by atoms with Gasteiger partial charge in [-0.3, -0.25) is 4.79 Å². The molecule has 1 aliphatic rings. The highest BCUT2D eigenvalue weighted by molar-refractivity contribution is 6.30. The number of ether oxygens (including phenoxy) is 2. The molecule has 0 spiro atoms. The van der Waals surface area contributed by atoms with E-state index < -0.39 is 12.7 Å². The predicted octanol–water partition coefficient (Wildman–Crippen LogP) is 6.68. The number of fused-ring (bicyclic) bond motifs is 3. The van der Waals surface area contributed by atoms with Crippen LogP contribution in [0.1, 0.15) is 31.1 Å². The largest absolute Gasteiger partial charge is 0.480 e. The average Bonchev–Trinajstić information content (AvgIpc) is 2.72. The predicted molar refractivity (Wildman–Crippen MR) is 116 cm³/mol. The van der Waals surface area contributed by atoms with Crippen LogP contribution < -0.4 is 14.8 Å². The highest BCUT2D eigenvalue weighted by Gasteiger charge is 2.31. The second kappa shape index (κ2) is 8.55. The van der Waals surface area contributed by atoms with Crippen LogP contribution in [0.3, 0.4) is 0 Å². The Kier molecular flexibility index (Phi) is 5.83. The van der Waals surface area contributed by atoms with E-state index in [9.17, 15) is 13.6 Å². The Morgan fingerprint density at radius 2 is 1.87 bits per heavy atom. The van der Waals surface area contributed by atoms with E-state index in [1.165, 1.54) is 6.07 Å². The van der Waals surface area contributed by atoms with Gasteiger partial charge in [0.05, 0.1) is 5.56 Å². The first-order valence-electron chi connectivity index (χ1n) is 9.78. The molecule has 0 saturated carbocycles. The van der Waals surface area contributed by atoms with Gasteiger partial charge in [0.15, 0.2) is 0 Å². The number of alkyl halides is 2. The number of anilines is 1. The van der Waals surface area contributed by atoms with Crippen molar-refractivity contribution in [3.63, 3.8) is 0 Å². The fourth-order valence-corrected chi connectivity index (χ4v) is 3.75. The molecule has 0 saturated heterocycles. The lowest BCUT2D eigenvalue weighted by atomic mass is 9.88. The molecule has 0 bridgehead atoms. The standard InChI is InChI=1S/C24H20ClF2NO3/c1-13(2)23(29)28-16-9-10-17-18(12-16)22(14-5-3-6-15(25)11-14)30-19-7-4-8-20(21(17)19)31-24(26)27/h3-13,22,24H,1-2H3,(H,28,29). The molecule has 0 aromatic heterocycles. The third-order valence-corrected chi connectivity index (χ3v) is 5.23. The molecule has 160 valence electrons. The number of halogens is 3. The minimum atomic E-state index is -2.97. The van der Waals surface area contributed by atoms with Gasteiger partial charge in [0.2, 0.25) is 5.91 Å². The number of nitrogens with one attached hydrogen (secondary N) is 1. The van der Waals surface area contributed by atoms with Crippen molar-refractivity contribution in [2.24, 2.45) is 5.92 Å². The van der Waals surface area contributed by atoms with Gasteiger partial charge in [-0.15, -0.1) is 0 Å². The van der Waals surface area contributed by atoms with Crippen molar-refractivity contribution in [2.45, 2.75) is 26.6 Å². The summed E-state index contributed by atoms with van der Waals surface area (Å²) >= 11 is 6.19. The van der Waals surface area contributed by atoms with Gasteiger partial charge in [-0.2, -0.15) is 8.78 Å². The molecular formula is C24H20ClF2NO3. The van der Waals surface area contributed by atoms with Crippen molar-refractivity contribution in [2.75, 3.05) is 5.32 Å². The Labute approximate surface area is 183 Å². The Morgan fingerprint density at radius 3 is 2.58 bits per heavy atom. The van der Waals surface area contributed by atoms with Crippen molar-refractivity contribution < 1.29 is 23.0 Å². The van der Waals surface area contributed by atoms with Gasteiger partial charge < -0.3 is 14.8 Å². The molecule has 1 unspecified atom stereocenters. The van der Waals surface area contributed by atoms with Gasteiger partial charge >= 0.3 is 6.61 Å². The number of hydrogen-bond acceptors (Lipinski definition) is 3. The second-order valence-electron chi connectivity index (χ2n) is 7.51. The summed E-state index contributed by atoms with van der Waals surface area (Å²) in [6, 6.07) is 17.4. The maximum atomic E-state index is 13.0. The van der Waals surface area contributed by atoms with Crippen molar-refractivity contribution in [1.29, 1.82) is 0 Å². The summed E-state index contributed by atoms with van der Waals surface area (Å²) in [4.78, 5) is 12.2. The quantitative estimate of drug-likeness (QED) is 0.478. The van der Waals surface area contributed by atoms with Crippen LogP contribution in [0.4, 0.5) is 14.5 Å². The van der Waals surface area contributed by atoms with E-state index in [0.717, 1.165) is 5.56 Å². The third-order valence-electron chi connectivity index (χ3n) is 5.00. The van der Waals surface area contributed by atoms with Crippen molar-refractivity contribution in [3.05, 3.63) is 76.8 Å². The van der Waals surface area contributed by atoms with Crippen LogP contribution in [0, 0.1) is 5.92 Å². The smallest absolute Gasteiger partial charge is 0.387 e. The van der Waals surface area contributed by atoms with Gasteiger partial charge in [-0.25, -0.2) is 0 Å². The fraction of sp³-hybridized carbons (Fsp3) is 0.208. The lowest BCUT2D eigenvalue weighted by Gasteiger charge is -2.31. The zero-order valence-electron chi connectivity index (χ0n) is 16.9. The van der Waals surface area contributed by atoms with Crippen LogP contribution in [-0.4, -0.2) is 12.5 Å². The molecule has 1 amide bonds. The molecule has 0 aliphatic carbocycles. The van der Waals surface area contributed by atoms with E-state index in [-0.39, 0.29) is 17.6 Å². The Bertz CT molecular complexity index is 1130. The summed E-state index contributed by atoms with van der Waals surface area (Å²) in [5.74, 6) is 0.132. The molecule has 0 radical (unpaired) electrons. The monoisotopic (exact) mass is 443 g/mol. The molecule has 4 nitrogen and oxygen atoms in total. The highest BCUT2D eigenvalue weighted by atomic mass is 35.5. The molecular weight excluding hydrogens is 424 g/mol. The number of benzene rings is 3. The fourth-order valence-electron chi connectivity index (χ4n) is 3.55. The number of amides is 1. The molecule has 1 aliphatic heterocycles. The van der Waals surface area contributed by atoms with Crippen LogP contribution >= 0.6 is 11.6 Å².